The van der Waals surface area contributed by atoms with Crippen LogP contribution in [0.3, 0.4) is 0 Å². The fraction of sp³-hybridized carbons (Fsp3) is 0.400. The fourth-order valence-corrected chi connectivity index (χ4v) is 1.38. The van der Waals surface area contributed by atoms with E-state index in [4.69, 9.17) is 5.73 Å². The predicted octanol–water partition coefficient (Wildman–Crippen LogP) is 0.161. The molecule has 2 atom stereocenters. The highest BCUT2D eigenvalue weighted by molar-refractivity contribution is 7.84. The third kappa shape index (κ3) is 3.30. The molecule has 0 aliphatic rings. The molecule has 5 nitrogen and oxygen atoms in total. The van der Waals surface area contributed by atoms with Crippen molar-refractivity contribution in [3.8, 4) is 0 Å². The number of nitrogens with one attached hydrogen (secondary N) is 1. The van der Waals surface area contributed by atoms with Crippen molar-refractivity contribution in [1.29, 1.82) is 0 Å². The molecule has 6 heteroatoms. The second kappa shape index (κ2) is 5.60. The van der Waals surface area contributed by atoms with E-state index in [0.29, 0.717) is 17.8 Å². The average molecular weight is 241 g/mol. The lowest BCUT2D eigenvalue weighted by Gasteiger charge is -2.10. The number of carbonyl (C=O) groups excluding carboxylic acids is 1. The maximum absolute atomic E-state index is 11.7. The van der Waals surface area contributed by atoms with Gasteiger partial charge >= 0.3 is 0 Å². The Kier molecular flexibility index (Phi) is 4.42. The summed E-state index contributed by atoms with van der Waals surface area (Å²) >= 11 is 0. The van der Waals surface area contributed by atoms with Crippen molar-refractivity contribution in [3.05, 3.63) is 24.0 Å². The Morgan fingerprint density at radius 3 is 2.94 bits per heavy atom. The molecule has 1 amide bonds. The van der Waals surface area contributed by atoms with Crippen molar-refractivity contribution in [2.24, 2.45) is 0 Å². The maximum Gasteiger partial charge on any atom is 0.253 e. The molecule has 1 aromatic rings. The summed E-state index contributed by atoms with van der Waals surface area (Å²) in [6, 6.07) is 1.55. The number of amides is 1. The van der Waals surface area contributed by atoms with Crippen LogP contribution < -0.4 is 11.1 Å². The van der Waals surface area contributed by atoms with Gasteiger partial charge in [-0.1, -0.05) is 0 Å². The standard InChI is InChI=1S/C10H15N3O2S/c1-7(16(2)15)5-13-10(14)8-3-4-12-6-9(8)11/h3-4,6-7H,5,11H2,1-2H3,(H,13,14). The number of hydrogen-bond donors (Lipinski definition) is 2. The number of nitrogen functional groups attached to an aromatic ring is 1. The molecule has 1 rings (SSSR count). The van der Waals surface area contributed by atoms with Crippen molar-refractivity contribution < 1.29 is 9.00 Å². The molecule has 88 valence electrons. The van der Waals surface area contributed by atoms with Gasteiger partial charge in [-0.2, -0.15) is 0 Å². The number of nitrogens with two attached hydrogens (primary N) is 1. The first-order valence-corrected chi connectivity index (χ1v) is 6.44. The van der Waals surface area contributed by atoms with Crippen LogP contribution in [0.4, 0.5) is 5.69 Å². The van der Waals surface area contributed by atoms with Gasteiger partial charge in [-0.05, 0) is 13.0 Å². The lowest BCUT2D eigenvalue weighted by Crippen LogP contribution is -2.32. The summed E-state index contributed by atoms with van der Waals surface area (Å²) < 4.78 is 11.1. The SMILES string of the molecule is CC(CNC(=O)c1ccncc1N)S(C)=O. The van der Waals surface area contributed by atoms with Crippen LogP contribution in [0.1, 0.15) is 17.3 Å². The Labute approximate surface area is 96.9 Å². The van der Waals surface area contributed by atoms with Gasteiger partial charge in [-0.15, -0.1) is 0 Å². The Morgan fingerprint density at radius 1 is 1.69 bits per heavy atom. The lowest BCUT2D eigenvalue weighted by atomic mass is 10.2. The van der Waals surface area contributed by atoms with Crippen molar-refractivity contribution in [3.63, 3.8) is 0 Å². The summed E-state index contributed by atoms with van der Waals surface area (Å²) in [5, 5.41) is 2.60. The van der Waals surface area contributed by atoms with Crippen molar-refractivity contribution in [1.82, 2.24) is 10.3 Å². The molecule has 3 N–H and O–H groups in total. The van der Waals surface area contributed by atoms with Gasteiger partial charge in [-0.25, -0.2) is 0 Å². The van der Waals surface area contributed by atoms with Crippen LogP contribution in [0.25, 0.3) is 0 Å². The number of pyridine rings is 1. The Bertz CT molecular complexity index is 409. The van der Waals surface area contributed by atoms with Crippen LogP contribution in [0, 0.1) is 0 Å². The molecule has 0 radical (unpaired) electrons. The van der Waals surface area contributed by atoms with Gasteiger partial charge in [0.15, 0.2) is 0 Å². The molecule has 0 bridgehead atoms. The summed E-state index contributed by atoms with van der Waals surface area (Å²) in [5.41, 5.74) is 6.34. The minimum Gasteiger partial charge on any atom is -0.397 e. The molecule has 16 heavy (non-hydrogen) atoms. The highest BCUT2D eigenvalue weighted by Crippen LogP contribution is 2.07. The summed E-state index contributed by atoms with van der Waals surface area (Å²) in [4.78, 5) is 15.5. The third-order valence-corrected chi connectivity index (χ3v) is 3.51. The number of carbonyl (C=O) groups is 1. The van der Waals surface area contributed by atoms with Gasteiger partial charge < -0.3 is 11.1 Å². The molecule has 1 heterocycles. The van der Waals surface area contributed by atoms with E-state index in [1.807, 2.05) is 6.92 Å². The third-order valence-electron chi connectivity index (χ3n) is 2.21. The molecule has 0 aliphatic heterocycles. The van der Waals surface area contributed by atoms with Crippen LogP contribution in [0.15, 0.2) is 18.5 Å². The van der Waals surface area contributed by atoms with E-state index in [0.717, 1.165) is 0 Å². The first-order valence-electron chi connectivity index (χ1n) is 4.82. The minimum atomic E-state index is -0.947. The molecular formula is C10H15N3O2S. The molecule has 0 saturated carbocycles. The Hall–Kier alpha value is -1.43. The summed E-state index contributed by atoms with van der Waals surface area (Å²) in [5.74, 6) is -0.266. The molecular weight excluding hydrogens is 226 g/mol. The molecule has 1 aromatic heterocycles. The number of nitrogens with zero attached hydrogens (tertiary/aromatic N) is 1. The lowest BCUT2D eigenvalue weighted by molar-refractivity contribution is 0.0955. The largest absolute Gasteiger partial charge is 0.397 e. The fourth-order valence-electron chi connectivity index (χ4n) is 1.06. The molecule has 2 unspecified atom stereocenters. The van der Waals surface area contributed by atoms with Crippen molar-refractivity contribution >= 4 is 22.4 Å². The summed E-state index contributed by atoms with van der Waals surface area (Å²) in [7, 11) is -0.947. The van der Waals surface area contributed by atoms with E-state index in [9.17, 15) is 9.00 Å². The predicted molar refractivity (Wildman–Crippen MR) is 64.5 cm³/mol. The second-order valence-corrected chi connectivity index (χ2v) is 5.28. The number of hydrogen-bond acceptors (Lipinski definition) is 4. The summed E-state index contributed by atoms with van der Waals surface area (Å²) in [6.07, 6.45) is 4.54. The zero-order valence-electron chi connectivity index (χ0n) is 9.27. The monoisotopic (exact) mass is 241 g/mol. The van der Waals surface area contributed by atoms with Gasteiger partial charge in [0.1, 0.15) is 0 Å². The first-order chi connectivity index (χ1) is 7.52. The molecule has 0 fully saturated rings. The van der Waals surface area contributed by atoms with E-state index in [2.05, 4.69) is 10.3 Å². The van der Waals surface area contributed by atoms with E-state index in [-0.39, 0.29) is 11.2 Å². The molecule has 0 aliphatic carbocycles. The highest BCUT2D eigenvalue weighted by atomic mass is 32.2. The van der Waals surface area contributed by atoms with Crippen LogP contribution >= 0.6 is 0 Å². The van der Waals surface area contributed by atoms with Crippen LogP contribution in [0.5, 0.6) is 0 Å². The smallest absolute Gasteiger partial charge is 0.253 e. The first kappa shape index (κ1) is 12.6. The number of aromatic nitrogens is 1. The number of rotatable bonds is 4. The Morgan fingerprint density at radius 2 is 2.38 bits per heavy atom. The van der Waals surface area contributed by atoms with Gasteiger partial charge in [0, 0.05) is 35.0 Å². The van der Waals surface area contributed by atoms with Crippen molar-refractivity contribution in [2.75, 3.05) is 18.5 Å². The van der Waals surface area contributed by atoms with Crippen LogP contribution in [0.2, 0.25) is 0 Å². The van der Waals surface area contributed by atoms with Gasteiger partial charge in [0.2, 0.25) is 0 Å². The molecule has 0 aromatic carbocycles. The van der Waals surface area contributed by atoms with Crippen LogP contribution in [-0.2, 0) is 10.8 Å². The van der Waals surface area contributed by atoms with E-state index in [1.165, 1.54) is 12.4 Å². The van der Waals surface area contributed by atoms with Gasteiger partial charge in [0.05, 0.1) is 17.4 Å². The van der Waals surface area contributed by atoms with Gasteiger partial charge in [-0.3, -0.25) is 14.0 Å². The topological polar surface area (TPSA) is 85.1 Å². The maximum atomic E-state index is 11.7. The summed E-state index contributed by atoms with van der Waals surface area (Å²) in [6.45, 7) is 2.18. The van der Waals surface area contributed by atoms with E-state index < -0.39 is 10.8 Å². The second-order valence-electron chi connectivity index (χ2n) is 3.48. The average Bonchev–Trinajstić information content (AvgIpc) is 2.25. The zero-order chi connectivity index (χ0) is 12.1. The van der Waals surface area contributed by atoms with E-state index in [1.54, 1.807) is 12.3 Å². The van der Waals surface area contributed by atoms with E-state index >= 15 is 0 Å². The van der Waals surface area contributed by atoms with Crippen LogP contribution in [-0.4, -0.2) is 33.2 Å². The quantitative estimate of drug-likeness (QED) is 0.786. The molecule has 0 spiro atoms. The molecule has 0 saturated heterocycles. The Balaban J connectivity index is 2.60. The van der Waals surface area contributed by atoms with Crippen molar-refractivity contribution in [2.45, 2.75) is 12.2 Å². The normalized spacial score (nSPS) is 14.1. The number of anilines is 1. The zero-order valence-corrected chi connectivity index (χ0v) is 10.1. The highest BCUT2D eigenvalue weighted by Gasteiger charge is 2.11. The minimum absolute atomic E-state index is 0.0768. The van der Waals surface area contributed by atoms with Gasteiger partial charge in [0.25, 0.3) is 5.91 Å².